The van der Waals surface area contributed by atoms with Crippen molar-refractivity contribution < 1.29 is 19.4 Å². The predicted molar refractivity (Wildman–Crippen MR) is 167 cm³/mol. The van der Waals surface area contributed by atoms with Crippen LogP contribution in [0.1, 0.15) is 110 Å². The summed E-state index contributed by atoms with van der Waals surface area (Å²) < 4.78 is 4.96. The number of amides is 1. The van der Waals surface area contributed by atoms with Crippen LogP contribution < -0.4 is 5.32 Å². The highest BCUT2D eigenvalue weighted by Crippen LogP contribution is 2.66. The molecule has 1 aromatic carbocycles. The molecular formula is C37H53NO4. The third-order valence-corrected chi connectivity index (χ3v) is 12.5. The number of carbonyl (C=O) groups is 2. The van der Waals surface area contributed by atoms with Gasteiger partial charge in [0.25, 0.3) is 0 Å². The minimum atomic E-state index is -0.815. The number of hydrogen-bond donors (Lipinski definition) is 2. The average Bonchev–Trinajstić information content (AvgIpc) is 3.35. The van der Waals surface area contributed by atoms with Crippen LogP contribution in [0.4, 0.5) is 0 Å². The van der Waals surface area contributed by atoms with Crippen LogP contribution in [-0.4, -0.2) is 30.2 Å². The van der Waals surface area contributed by atoms with E-state index in [1.165, 1.54) is 52.1 Å². The molecule has 3 saturated carbocycles. The van der Waals surface area contributed by atoms with Crippen molar-refractivity contribution in [3.63, 3.8) is 0 Å². The van der Waals surface area contributed by atoms with Crippen LogP contribution >= 0.6 is 0 Å². The van der Waals surface area contributed by atoms with Gasteiger partial charge < -0.3 is 15.2 Å². The van der Waals surface area contributed by atoms with Gasteiger partial charge in [-0.25, -0.2) is 4.79 Å². The standard InChI is InChI=1S/C37H53NO4/c1-23(11-10-12-24(2)34(40)38-33(35(41)42-6)26-13-8-7-9-14-26)28-17-18-30-27-15-16-29-25(3)32(39)20-22-37(29,5)31(27)19-21-36(28,30)4/h7-9,12-14,23,25,28-29,31-33,39H,10-11,15-22H2,1-6H3,(H,38,40)/b24-12+/t23-,25+,28?,29+,31?,32+,33?,36-,37+/m1/s1. The average molecular weight is 576 g/mol. The molecule has 2 N–H and O–H groups in total. The quantitative estimate of drug-likeness (QED) is 0.189. The highest BCUT2D eigenvalue weighted by atomic mass is 16.5. The van der Waals surface area contributed by atoms with Crippen LogP contribution in [-0.2, 0) is 14.3 Å². The van der Waals surface area contributed by atoms with Crippen molar-refractivity contribution in [2.24, 2.45) is 40.4 Å². The molecule has 0 radical (unpaired) electrons. The van der Waals surface area contributed by atoms with E-state index in [1.807, 2.05) is 48.9 Å². The summed E-state index contributed by atoms with van der Waals surface area (Å²) in [5.41, 5.74) is 5.62. The molecule has 3 unspecified atom stereocenters. The number of allylic oxidation sites excluding steroid dienone is 3. The Morgan fingerprint density at radius 2 is 1.83 bits per heavy atom. The summed E-state index contributed by atoms with van der Waals surface area (Å²) in [6.45, 7) is 11.7. The Kier molecular flexibility index (Phi) is 9.09. The minimum Gasteiger partial charge on any atom is -0.467 e. The van der Waals surface area contributed by atoms with E-state index in [0.717, 1.165) is 19.3 Å². The van der Waals surface area contributed by atoms with Gasteiger partial charge in [-0.2, -0.15) is 0 Å². The first-order chi connectivity index (χ1) is 20.0. The summed E-state index contributed by atoms with van der Waals surface area (Å²) in [6, 6.07) is 8.43. The third kappa shape index (κ3) is 5.51. The van der Waals surface area contributed by atoms with Crippen LogP contribution in [0.5, 0.6) is 0 Å². The number of esters is 1. The summed E-state index contributed by atoms with van der Waals surface area (Å²) in [7, 11) is 1.35. The molecule has 0 aliphatic heterocycles. The van der Waals surface area contributed by atoms with E-state index in [9.17, 15) is 14.7 Å². The lowest BCUT2D eigenvalue weighted by atomic mass is 9.47. The Hall–Kier alpha value is -2.40. The molecule has 4 aliphatic carbocycles. The van der Waals surface area contributed by atoms with Crippen molar-refractivity contribution in [3.8, 4) is 0 Å². The largest absolute Gasteiger partial charge is 0.467 e. The van der Waals surface area contributed by atoms with Gasteiger partial charge >= 0.3 is 5.97 Å². The lowest BCUT2D eigenvalue weighted by Gasteiger charge is -2.58. The summed E-state index contributed by atoms with van der Waals surface area (Å²) >= 11 is 0. The van der Waals surface area contributed by atoms with Gasteiger partial charge in [-0.05, 0) is 117 Å². The maximum absolute atomic E-state index is 13.0. The fourth-order valence-corrected chi connectivity index (χ4v) is 10.0. The number of rotatable bonds is 8. The number of aliphatic hydroxyl groups excluding tert-OH is 1. The van der Waals surface area contributed by atoms with E-state index in [4.69, 9.17) is 4.74 Å². The molecule has 3 fully saturated rings. The number of benzene rings is 1. The van der Waals surface area contributed by atoms with E-state index in [2.05, 4.69) is 33.0 Å². The van der Waals surface area contributed by atoms with Gasteiger partial charge in [0.05, 0.1) is 13.2 Å². The van der Waals surface area contributed by atoms with Crippen molar-refractivity contribution in [1.29, 1.82) is 0 Å². The molecular weight excluding hydrogens is 522 g/mol. The van der Waals surface area contributed by atoms with Crippen molar-refractivity contribution in [2.45, 2.75) is 111 Å². The molecule has 5 rings (SSSR count). The van der Waals surface area contributed by atoms with Gasteiger partial charge in [-0.1, -0.05) is 75.2 Å². The lowest BCUT2D eigenvalue weighted by Crippen LogP contribution is -2.51. The van der Waals surface area contributed by atoms with Crippen LogP contribution in [0.2, 0.25) is 0 Å². The van der Waals surface area contributed by atoms with Gasteiger partial charge in [-0.15, -0.1) is 0 Å². The molecule has 4 aliphatic rings. The molecule has 0 spiro atoms. The molecule has 0 heterocycles. The van der Waals surface area contributed by atoms with E-state index in [0.29, 0.717) is 51.6 Å². The second kappa shape index (κ2) is 12.3. The number of hydrogen-bond acceptors (Lipinski definition) is 4. The molecule has 9 atom stereocenters. The first-order valence-corrected chi connectivity index (χ1v) is 16.5. The fourth-order valence-electron chi connectivity index (χ4n) is 10.0. The number of ether oxygens (including phenoxy) is 1. The van der Waals surface area contributed by atoms with Gasteiger partial charge in [0.15, 0.2) is 6.04 Å². The summed E-state index contributed by atoms with van der Waals surface area (Å²) in [5.74, 6) is 2.35. The predicted octanol–water partition coefficient (Wildman–Crippen LogP) is 7.71. The van der Waals surface area contributed by atoms with E-state index >= 15 is 0 Å². The second-order valence-electron chi connectivity index (χ2n) is 14.6. The molecule has 42 heavy (non-hydrogen) atoms. The number of aliphatic hydroxyl groups is 1. The summed E-state index contributed by atoms with van der Waals surface area (Å²) in [5, 5.41) is 13.5. The Bertz CT molecular complexity index is 1220. The zero-order valence-electron chi connectivity index (χ0n) is 26.7. The van der Waals surface area contributed by atoms with Crippen molar-refractivity contribution in [2.75, 3.05) is 7.11 Å². The van der Waals surface area contributed by atoms with Gasteiger partial charge in [0.2, 0.25) is 5.91 Å². The smallest absolute Gasteiger partial charge is 0.333 e. The monoisotopic (exact) mass is 575 g/mol. The van der Waals surface area contributed by atoms with Crippen LogP contribution in [0.3, 0.4) is 0 Å². The Balaban J connectivity index is 1.22. The zero-order chi connectivity index (χ0) is 30.2. The second-order valence-corrected chi connectivity index (χ2v) is 14.6. The Labute approximate surface area is 253 Å². The van der Waals surface area contributed by atoms with Gasteiger partial charge in [-0.3, -0.25) is 4.79 Å². The maximum atomic E-state index is 13.0. The maximum Gasteiger partial charge on any atom is 0.333 e. The number of methoxy groups -OCH3 is 1. The van der Waals surface area contributed by atoms with Gasteiger partial charge in [0, 0.05) is 5.57 Å². The van der Waals surface area contributed by atoms with Crippen molar-refractivity contribution >= 4 is 11.9 Å². The van der Waals surface area contributed by atoms with E-state index in [1.54, 1.807) is 5.57 Å². The summed E-state index contributed by atoms with van der Waals surface area (Å²) in [6.07, 6.45) is 13.6. The fraction of sp³-hybridized carbons (Fsp3) is 0.676. The normalized spacial score (nSPS) is 35.9. The third-order valence-electron chi connectivity index (χ3n) is 12.5. The minimum absolute atomic E-state index is 0.121. The first-order valence-electron chi connectivity index (χ1n) is 16.5. The Morgan fingerprint density at radius 3 is 2.55 bits per heavy atom. The molecule has 0 aromatic heterocycles. The van der Waals surface area contributed by atoms with E-state index in [-0.39, 0.29) is 12.0 Å². The topological polar surface area (TPSA) is 75.6 Å². The van der Waals surface area contributed by atoms with Crippen molar-refractivity contribution in [3.05, 3.63) is 58.7 Å². The van der Waals surface area contributed by atoms with Crippen molar-refractivity contribution in [1.82, 2.24) is 5.32 Å². The van der Waals surface area contributed by atoms with E-state index < -0.39 is 12.0 Å². The molecule has 5 nitrogen and oxygen atoms in total. The van der Waals surface area contributed by atoms with Crippen LogP contribution in [0.15, 0.2) is 53.1 Å². The molecule has 0 saturated heterocycles. The first kappa shape index (κ1) is 31.0. The zero-order valence-corrected chi connectivity index (χ0v) is 26.7. The molecule has 1 amide bonds. The molecule has 1 aromatic rings. The lowest BCUT2D eigenvalue weighted by molar-refractivity contribution is -0.144. The molecule has 0 bridgehead atoms. The number of carbonyl (C=O) groups excluding carboxylic acids is 2. The van der Waals surface area contributed by atoms with Gasteiger partial charge in [0.1, 0.15) is 0 Å². The highest BCUT2D eigenvalue weighted by molar-refractivity contribution is 5.95. The number of fused-ring (bicyclic) bond motifs is 4. The number of nitrogens with one attached hydrogen (secondary N) is 1. The molecule has 230 valence electrons. The SMILES string of the molecule is COC(=O)C(NC(=O)/C(C)=C/CC[C@@H](C)C1CCC2=C3CC[C@H]4[C@H](C)[C@@H](O)CC[C@]4(C)C3CC[C@@]21C)c1ccccc1. The summed E-state index contributed by atoms with van der Waals surface area (Å²) in [4.78, 5) is 25.4. The van der Waals surface area contributed by atoms with Crippen LogP contribution in [0, 0.1) is 40.4 Å². The highest BCUT2D eigenvalue weighted by Gasteiger charge is 2.57. The molecule has 5 heteroatoms. The van der Waals surface area contributed by atoms with Crippen LogP contribution in [0.25, 0.3) is 0 Å². The Morgan fingerprint density at radius 1 is 1.10 bits per heavy atom.